The lowest BCUT2D eigenvalue weighted by molar-refractivity contribution is -0.274. The number of pyridine rings is 1. The summed E-state index contributed by atoms with van der Waals surface area (Å²) >= 11 is 1.41. The van der Waals surface area contributed by atoms with Crippen molar-refractivity contribution >= 4 is 52.6 Å². The normalized spacial score (nSPS) is 22.3. The lowest BCUT2D eigenvalue weighted by atomic mass is 9.85. The summed E-state index contributed by atoms with van der Waals surface area (Å²) in [4.78, 5) is 65.7. The molecular weight excluding hydrogens is 901 g/mol. The average molecular weight is 957 g/mol. The fraction of sp³-hybridized carbons (Fsp3) is 0.500. The second-order valence-corrected chi connectivity index (χ2v) is 21.8. The number of alkyl carbamates (subject to hydrolysis) is 1. The second-order valence-electron chi connectivity index (χ2n) is 18.4. The largest absolute Gasteiger partial charge is 0.573 e. The molecule has 0 radical (unpaired) electrons. The molecular formula is C46H56F3N6O9PS. The molecule has 2 aromatic carbocycles. The molecule has 7 rings (SSSR count). The van der Waals surface area contributed by atoms with E-state index in [4.69, 9.17) is 24.2 Å². The number of rotatable bonds is 16. The van der Waals surface area contributed by atoms with Gasteiger partial charge in [0, 0.05) is 46.8 Å². The third kappa shape index (κ3) is 10.9. The van der Waals surface area contributed by atoms with Gasteiger partial charge in [-0.25, -0.2) is 14.8 Å². The third-order valence-electron chi connectivity index (χ3n) is 12.1. The summed E-state index contributed by atoms with van der Waals surface area (Å²) in [6.45, 7) is 12.9. The Bertz CT molecular complexity index is 2510. The third-order valence-corrected chi connectivity index (χ3v) is 15.5. The van der Waals surface area contributed by atoms with Crippen molar-refractivity contribution in [2.24, 2.45) is 11.3 Å². The van der Waals surface area contributed by atoms with Crippen LogP contribution in [-0.2, 0) is 25.1 Å². The van der Waals surface area contributed by atoms with Crippen LogP contribution in [0.25, 0.3) is 22.3 Å². The molecule has 3 amide bonds. The van der Waals surface area contributed by atoms with E-state index in [1.54, 1.807) is 45.0 Å². The van der Waals surface area contributed by atoms with Crippen LogP contribution in [0, 0.1) is 11.3 Å². The fourth-order valence-corrected chi connectivity index (χ4v) is 11.9. The predicted molar refractivity (Wildman–Crippen MR) is 244 cm³/mol. The Labute approximate surface area is 385 Å². The van der Waals surface area contributed by atoms with Crippen molar-refractivity contribution in [1.29, 1.82) is 0 Å². The van der Waals surface area contributed by atoms with Gasteiger partial charge >= 0.3 is 12.5 Å². The van der Waals surface area contributed by atoms with Crippen LogP contribution in [0.15, 0.2) is 66.6 Å². The molecule has 3 fully saturated rings. The molecule has 1 aliphatic heterocycles. The zero-order chi connectivity index (χ0) is 47.8. The summed E-state index contributed by atoms with van der Waals surface area (Å²) in [5, 5.41) is 10.2. The van der Waals surface area contributed by atoms with Crippen molar-refractivity contribution in [2.75, 3.05) is 19.0 Å². The number of nitrogens with one attached hydrogen (secondary N) is 3. The monoisotopic (exact) mass is 956 g/mol. The van der Waals surface area contributed by atoms with Crippen molar-refractivity contribution in [1.82, 2.24) is 25.5 Å². The van der Waals surface area contributed by atoms with Gasteiger partial charge < -0.3 is 44.7 Å². The van der Waals surface area contributed by atoms with Crippen molar-refractivity contribution in [3.8, 4) is 28.6 Å². The molecule has 3 aliphatic rings. The maximum atomic E-state index is 14.9. The zero-order valence-corrected chi connectivity index (χ0v) is 39.4. The number of ether oxygens (including phenoxy) is 4. The van der Waals surface area contributed by atoms with E-state index < -0.39 is 78.4 Å². The minimum atomic E-state index is -5.07. The van der Waals surface area contributed by atoms with Gasteiger partial charge in [-0.3, -0.25) is 14.2 Å². The number of anilines is 1. The van der Waals surface area contributed by atoms with E-state index in [2.05, 4.69) is 27.3 Å². The van der Waals surface area contributed by atoms with Gasteiger partial charge in [-0.1, -0.05) is 45.0 Å². The molecule has 356 valence electrons. The lowest BCUT2D eigenvalue weighted by Crippen LogP contribution is -2.58. The van der Waals surface area contributed by atoms with E-state index in [0.717, 1.165) is 18.9 Å². The highest BCUT2D eigenvalue weighted by Crippen LogP contribution is 2.71. The maximum Gasteiger partial charge on any atom is 0.573 e. The summed E-state index contributed by atoms with van der Waals surface area (Å²) in [5.74, 6) is -1.89. The molecule has 4 aromatic rings. The van der Waals surface area contributed by atoms with Gasteiger partial charge in [0.05, 0.1) is 31.0 Å². The SMILES string of the molecule is C=C[C@@H]1C[C@]1(NC(=O)[C@@H]1C[C@@H](Oc2cc(-c3csc(NC(C)C)n3)nc3cc(OC)ccc23)CN1C(=O)[C@@H](NC(=O)OC1CCCC1)C(C)(C)C)P(=O)(O)Cc1ccccc1OC(F)(F)F. The topological polar surface area (TPSA) is 191 Å². The number of thiazole rings is 1. The summed E-state index contributed by atoms with van der Waals surface area (Å²) in [5.41, 5.74) is 0.512. The first-order valence-electron chi connectivity index (χ1n) is 21.9. The highest BCUT2D eigenvalue weighted by molar-refractivity contribution is 7.59. The molecule has 3 heterocycles. The number of likely N-dealkylation sites (tertiary alicyclic amines) is 1. The van der Waals surface area contributed by atoms with Gasteiger partial charge in [0.25, 0.3) is 0 Å². The molecule has 20 heteroatoms. The van der Waals surface area contributed by atoms with Gasteiger partial charge in [-0.15, -0.1) is 31.1 Å². The van der Waals surface area contributed by atoms with Crippen molar-refractivity contribution in [3.63, 3.8) is 0 Å². The minimum Gasteiger partial charge on any atom is -0.497 e. The van der Waals surface area contributed by atoms with E-state index in [0.29, 0.717) is 51.8 Å². The van der Waals surface area contributed by atoms with Crippen LogP contribution in [-0.4, -0.2) is 93.3 Å². The number of hydrogen-bond donors (Lipinski definition) is 4. The van der Waals surface area contributed by atoms with Gasteiger partial charge in [-0.2, -0.15) is 0 Å². The number of carbonyl (C=O) groups is 3. The molecule has 1 saturated heterocycles. The Hall–Kier alpha value is -5.39. The number of aromatic nitrogens is 2. The van der Waals surface area contributed by atoms with E-state index in [1.165, 1.54) is 47.6 Å². The number of fused-ring (bicyclic) bond motifs is 1. The van der Waals surface area contributed by atoms with Gasteiger partial charge in [0.1, 0.15) is 52.5 Å². The number of halogens is 3. The molecule has 0 spiro atoms. The van der Waals surface area contributed by atoms with Crippen LogP contribution in [0.4, 0.5) is 23.1 Å². The van der Waals surface area contributed by atoms with Gasteiger partial charge in [0.15, 0.2) is 5.13 Å². The summed E-state index contributed by atoms with van der Waals surface area (Å²) in [6, 6.07) is 9.67. The molecule has 15 nitrogen and oxygen atoms in total. The molecule has 2 aliphatic carbocycles. The van der Waals surface area contributed by atoms with E-state index in [1.807, 2.05) is 19.2 Å². The number of amides is 3. The van der Waals surface area contributed by atoms with Crippen LogP contribution >= 0.6 is 18.7 Å². The highest BCUT2D eigenvalue weighted by atomic mass is 32.1. The number of methoxy groups -OCH3 is 1. The van der Waals surface area contributed by atoms with E-state index in [-0.39, 0.29) is 37.1 Å². The number of alkyl halides is 3. The van der Waals surface area contributed by atoms with Crippen LogP contribution in [0.3, 0.4) is 0 Å². The lowest BCUT2D eigenvalue weighted by Gasteiger charge is -2.36. The van der Waals surface area contributed by atoms with Crippen LogP contribution in [0.1, 0.15) is 78.7 Å². The van der Waals surface area contributed by atoms with Crippen LogP contribution in [0.2, 0.25) is 0 Å². The number of hydrogen-bond acceptors (Lipinski definition) is 12. The summed E-state index contributed by atoms with van der Waals surface area (Å²) in [7, 11) is -3.08. The Morgan fingerprint density at radius 2 is 1.77 bits per heavy atom. The summed E-state index contributed by atoms with van der Waals surface area (Å²) in [6.07, 6.45) is -3.24. The first-order valence-corrected chi connectivity index (χ1v) is 24.6. The van der Waals surface area contributed by atoms with Crippen molar-refractivity contribution in [3.05, 3.63) is 72.1 Å². The van der Waals surface area contributed by atoms with Crippen LogP contribution < -0.4 is 30.2 Å². The van der Waals surface area contributed by atoms with E-state index in [9.17, 15) is 37.0 Å². The molecule has 0 bridgehead atoms. The number of carbonyl (C=O) groups excluding carboxylic acids is 3. The van der Waals surface area contributed by atoms with Gasteiger partial charge in [0.2, 0.25) is 19.2 Å². The Morgan fingerprint density at radius 3 is 2.42 bits per heavy atom. The number of benzene rings is 2. The molecule has 1 unspecified atom stereocenters. The summed E-state index contributed by atoms with van der Waals surface area (Å²) < 4.78 is 76.6. The highest BCUT2D eigenvalue weighted by Gasteiger charge is 2.66. The minimum absolute atomic E-state index is 0.0433. The first kappa shape index (κ1) is 48.5. The van der Waals surface area contributed by atoms with Crippen molar-refractivity contribution < 1.29 is 56.0 Å². The molecule has 2 saturated carbocycles. The van der Waals surface area contributed by atoms with Crippen LogP contribution in [0.5, 0.6) is 17.2 Å². The number of para-hydroxylation sites is 1. The maximum absolute atomic E-state index is 14.9. The molecule has 66 heavy (non-hydrogen) atoms. The van der Waals surface area contributed by atoms with E-state index >= 15 is 0 Å². The second kappa shape index (κ2) is 19.1. The molecule has 2 aromatic heterocycles. The van der Waals surface area contributed by atoms with Crippen molar-refractivity contribution in [2.45, 2.75) is 121 Å². The zero-order valence-electron chi connectivity index (χ0n) is 37.6. The smallest absolute Gasteiger partial charge is 0.497 e. The molecule has 6 atom stereocenters. The standard InChI is InChI=1S/C46H56F3N6O9PS/c1-8-28-22-45(28,65(59,60)24-27-13-9-12-16-37(27)64-46(47,48)49)54-40(56)36-20-31(23-55(36)41(57)39(44(4,5)6)53-43(58)63-29-14-10-11-15-29)62-38-21-34(35-25-66-42(52-35)50-26(2)3)51-33-19-30(61-7)17-18-32(33)38/h8-9,12-13,16-19,21,25-26,28-29,31,36,39H,1,10-11,14-15,20,22-24H2,2-7H3,(H,50,52)(H,53,58)(H,54,56)(H,59,60)/t28-,31-,36+,39-,45+/m1/s1. The quantitative estimate of drug-likeness (QED) is 0.0617. The van der Waals surface area contributed by atoms with Gasteiger partial charge in [-0.05, 0) is 69.6 Å². The first-order chi connectivity index (χ1) is 31.1. The Balaban J connectivity index is 1.23. The Kier molecular flexibility index (Phi) is 14.0. The molecule has 4 N–H and O–H groups in total. The predicted octanol–water partition coefficient (Wildman–Crippen LogP) is 9.01. The average Bonchev–Trinajstić information content (AvgIpc) is 3.63. The number of nitrogens with zero attached hydrogens (tertiary/aromatic N) is 3. The fourth-order valence-electron chi connectivity index (χ4n) is 8.63. The Morgan fingerprint density at radius 1 is 1.05 bits per heavy atom.